The molecule has 1 unspecified atom stereocenters. The minimum Gasteiger partial charge on any atom is -0.319 e. The summed E-state index contributed by atoms with van der Waals surface area (Å²) in [4.78, 5) is 39.6. The molecule has 2 aromatic rings. The molecule has 0 spiro atoms. The molecule has 1 atom stereocenters. The van der Waals surface area contributed by atoms with Gasteiger partial charge < -0.3 is 5.32 Å². The highest BCUT2D eigenvalue weighted by Crippen LogP contribution is 2.33. The van der Waals surface area contributed by atoms with Crippen LogP contribution in [0, 0.1) is 20.8 Å². The molecule has 1 N–H and O–H groups in total. The third kappa shape index (κ3) is 3.31. The molecule has 28 heavy (non-hydrogen) atoms. The highest BCUT2D eigenvalue weighted by Gasteiger charge is 2.51. The number of hydrogen-bond donors (Lipinski definition) is 1. The van der Waals surface area contributed by atoms with Crippen LogP contribution in [0.4, 0.5) is 4.79 Å². The predicted molar refractivity (Wildman–Crippen MR) is 109 cm³/mol. The molecule has 0 saturated carbocycles. The third-order valence-corrected chi connectivity index (χ3v) is 5.74. The number of carbonyl (C=O) groups is 3. The Kier molecular flexibility index (Phi) is 5.31. The molecule has 0 aliphatic carbocycles. The van der Waals surface area contributed by atoms with Gasteiger partial charge in [-0.15, -0.1) is 0 Å². The fraction of sp³-hybridized carbons (Fsp3) is 0.318. The van der Waals surface area contributed by atoms with E-state index < -0.39 is 17.5 Å². The van der Waals surface area contributed by atoms with Gasteiger partial charge in [0.05, 0.1) is 6.54 Å². The number of Topliss-reactive ketones (excluding diaryl/α,β-unsaturated/α-hetero) is 1. The SMILES string of the molecule is CCC1(c2ccc(Cl)cc2)NC(=O)N(CC(=O)c2cc(C)c(C)cc2C)C1=O. The van der Waals surface area contributed by atoms with Crippen molar-refractivity contribution in [3.05, 3.63) is 69.2 Å². The lowest BCUT2D eigenvalue weighted by Gasteiger charge is -2.25. The number of benzene rings is 2. The zero-order valence-corrected chi connectivity index (χ0v) is 17.2. The molecule has 0 aromatic heterocycles. The van der Waals surface area contributed by atoms with Crippen LogP contribution in [0.2, 0.25) is 5.02 Å². The van der Waals surface area contributed by atoms with Crippen molar-refractivity contribution in [2.75, 3.05) is 6.54 Å². The van der Waals surface area contributed by atoms with Crippen LogP contribution < -0.4 is 5.32 Å². The van der Waals surface area contributed by atoms with Gasteiger partial charge in [0.2, 0.25) is 0 Å². The first-order valence-electron chi connectivity index (χ1n) is 9.21. The molecule has 0 bridgehead atoms. The average Bonchev–Trinajstić information content (AvgIpc) is 2.90. The number of nitrogens with one attached hydrogen (secondary N) is 1. The summed E-state index contributed by atoms with van der Waals surface area (Å²) in [7, 11) is 0. The maximum absolute atomic E-state index is 13.2. The van der Waals surface area contributed by atoms with Gasteiger partial charge in [0.15, 0.2) is 5.78 Å². The minimum absolute atomic E-state index is 0.257. The van der Waals surface area contributed by atoms with Crippen molar-refractivity contribution in [2.24, 2.45) is 0 Å². The van der Waals surface area contributed by atoms with E-state index in [1.807, 2.05) is 39.8 Å². The van der Waals surface area contributed by atoms with Crippen LogP contribution in [0.5, 0.6) is 0 Å². The Morgan fingerprint density at radius 3 is 2.25 bits per heavy atom. The Balaban J connectivity index is 1.90. The third-order valence-electron chi connectivity index (χ3n) is 5.49. The number of aryl methyl sites for hydroxylation is 3. The molecule has 1 saturated heterocycles. The first kappa shape index (κ1) is 20.1. The van der Waals surface area contributed by atoms with Crippen molar-refractivity contribution < 1.29 is 14.4 Å². The molecule has 5 nitrogen and oxygen atoms in total. The average molecular weight is 399 g/mol. The summed E-state index contributed by atoms with van der Waals surface area (Å²) in [5, 5.41) is 3.33. The lowest BCUT2D eigenvalue weighted by atomic mass is 9.87. The second kappa shape index (κ2) is 7.40. The van der Waals surface area contributed by atoms with Crippen LogP contribution in [0.25, 0.3) is 0 Å². The van der Waals surface area contributed by atoms with Gasteiger partial charge in [-0.2, -0.15) is 0 Å². The quantitative estimate of drug-likeness (QED) is 0.603. The second-order valence-electron chi connectivity index (χ2n) is 7.26. The molecule has 3 amide bonds. The van der Waals surface area contributed by atoms with Crippen LogP contribution in [0.15, 0.2) is 36.4 Å². The predicted octanol–water partition coefficient (Wildman–Crippen LogP) is 4.31. The van der Waals surface area contributed by atoms with Crippen LogP contribution in [-0.4, -0.2) is 29.2 Å². The Hall–Kier alpha value is -2.66. The monoisotopic (exact) mass is 398 g/mol. The number of hydrogen-bond acceptors (Lipinski definition) is 3. The molecule has 6 heteroatoms. The molecular formula is C22H23ClN2O3. The van der Waals surface area contributed by atoms with E-state index in [1.54, 1.807) is 24.3 Å². The topological polar surface area (TPSA) is 66.5 Å². The molecule has 1 aliphatic rings. The van der Waals surface area contributed by atoms with E-state index in [4.69, 9.17) is 11.6 Å². The van der Waals surface area contributed by atoms with Crippen LogP contribution in [0.3, 0.4) is 0 Å². The van der Waals surface area contributed by atoms with E-state index in [9.17, 15) is 14.4 Å². The van der Waals surface area contributed by atoms with Crippen LogP contribution in [-0.2, 0) is 10.3 Å². The first-order chi connectivity index (χ1) is 13.2. The number of carbonyl (C=O) groups excluding carboxylic acids is 3. The second-order valence-corrected chi connectivity index (χ2v) is 7.70. The van der Waals surface area contributed by atoms with Gasteiger partial charge in [0, 0.05) is 10.6 Å². The van der Waals surface area contributed by atoms with E-state index in [-0.39, 0.29) is 12.3 Å². The van der Waals surface area contributed by atoms with E-state index >= 15 is 0 Å². The van der Waals surface area contributed by atoms with Gasteiger partial charge in [-0.05, 0) is 67.6 Å². The number of rotatable bonds is 5. The van der Waals surface area contributed by atoms with Gasteiger partial charge in [0.25, 0.3) is 5.91 Å². The van der Waals surface area contributed by atoms with Gasteiger partial charge in [-0.3, -0.25) is 14.5 Å². The fourth-order valence-corrected chi connectivity index (χ4v) is 3.76. The number of nitrogens with zero attached hydrogens (tertiary/aromatic N) is 1. The van der Waals surface area contributed by atoms with Gasteiger partial charge in [-0.1, -0.05) is 36.7 Å². The molecule has 1 heterocycles. The van der Waals surface area contributed by atoms with Crippen molar-refractivity contribution in [3.8, 4) is 0 Å². The highest BCUT2D eigenvalue weighted by atomic mass is 35.5. The molecule has 1 fully saturated rings. The molecule has 1 aliphatic heterocycles. The molecule has 3 rings (SSSR count). The maximum Gasteiger partial charge on any atom is 0.325 e. The number of halogens is 1. The van der Waals surface area contributed by atoms with Gasteiger partial charge in [-0.25, -0.2) is 4.79 Å². The zero-order valence-electron chi connectivity index (χ0n) is 16.4. The van der Waals surface area contributed by atoms with Crippen molar-refractivity contribution in [1.29, 1.82) is 0 Å². The van der Waals surface area contributed by atoms with E-state index in [2.05, 4.69) is 5.32 Å². The molecule has 0 radical (unpaired) electrons. The number of urea groups is 1. The van der Waals surface area contributed by atoms with Crippen molar-refractivity contribution >= 4 is 29.3 Å². The highest BCUT2D eigenvalue weighted by molar-refractivity contribution is 6.30. The smallest absolute Gasteiger partial charge is 0.319 e. The van der Waals surface area contributed by atoms with Crippen molar-refractivity contribution in [2.45, 2.75) is 39.7 Å². The Labute approximate surface area is 169 Å². The van der Waals surface area contributed by atoms with Gasteiger partial charge >= 0.3 is 6.03 Å². The van der Waals surface area contributed by atoms with Crippen molar-refractivity contribution in [1.82, 2.24) is 10.2 Å². The molecule has 146 valence electrons. The van der Waals surface area contributed by atoms with Crippen LogP contribution in [0.1, 0.15) is 46.0 Å². The van der Waals surface area contributed by atoms with Crippen LogP contribution >= 0.6 is 11.6 Å². The first-order valence-corrected chi connectivity index (χ1v) is 9.58. The van der Waals surface area contributed by atoms with E-state index in [0.29, 0.717) is 22.6 Å². The summed E-state index contributed by atoms with van der Waals surface area (Å²) < 4.78 is 0. The summed E-state index contributed by atoms with van der Waals surface area (Å²) in [6.07, 6.45) is 0.368. The fourth-order valence-electron chi connectivity index (χ4n) is 3.63. The van der Waals surface area contributed by atoms with E-state index in [1.165, 1.54) is 0 Å². The minimum atomic E-state index is -1.18. The Morgan fingerprint density at radius 1 is 1.04 bits per heavy atom. The van der Waals surface area contributed by atoms with Gasteiger partial charge in [0.1, 0.15) is 5.54 Å². The standard InChI is InChI=1S/C22H23ClN2O3/c1-5-22(16-6-8-17(23)9-7-16)20(27)25(21(28)24-22)12-19(26)18-11-14(3)13(2)10-15(18)4/h6-11H,5,12H2,1-4H3,(H,24,28). The number of imide groups is 1. The summed E-state index contributed by atoms with van der Waals surface area (Å²) in [6, 6.07) is 10.0. The summed E-state index contributed by atoms with van der Waals surface area (Å²) in [6.45, 7) is 7.31. The maximum atomic E-state index is 13.2. The summed E-state index contributed by atoms with van der Waals surface area (Å²) >= 11 is 5.95. The molecular weight excluding hydrogens is 376 g/mol. The summed E-state index contributed by atoms with van der Waals surface area (Å²) in [5.74, 6) is -0.677. The van der Waals surface area contributed by atoms with Crippen molar-refractivity contribution in [3.63, 3.8) is 0 Å². The summed E-state index contributed by atoms with van der Waals surface area (Å²) in [5.41, 5.74) is 2.92. The molecule has 2 aromatic carbocycles. The largest absolute Gasteiger partial charge is 0.325 e. The lowest BCUT2D eigenvalue weighted by Crippen LogP contribution is -2.43. The van der Waals surface area contributed by atoms with E-state index in [0.717, 1.165) is 21.6 Å². The Morgan fingerprint density at radius 2 is 1.64 bits per heavy atom. The normalized spacial score (nSPS) is 19.1. The lowest BCUT2D eigenvalue weighted by molar-refractivity contribution is -0.131. The zero-order chi connectivity index (χ0) is 20.6. The number of ketones is 1. The Bertz CT molecular complexity index is 968. The number of amides is 3.